The Labute approximate surface area is 416 Å². The average molecular weight is 942 g/mol. The summed E-state index contributed by atoms with van der Waals surface area (Å²) in [5, 5.41) is 0. The zero-order chi connectivity index (χ0) is 48.6. The van der Waals surface area contributed by atoms with Crippen molar-refractivity contribution in [3.05, 3.63) is 36.5 Å². The van der Waals surface area contributed by atoms with E-state index in [1.54, 1.807) is 0 Å². The van der Waals surface area contributed by atoms with Gasteiger partial charge in [-0.1, -0.05) is 276 Å². The fourth-order valence-corrected chi connectivity index (χ4v) is 8.69. The van der Waals surface area contributed by atoms with Crippen LogP contribution in [-0.2, 0) is 28.6 Å². The minimum atomic E-state index is -0.765. The van der Waals surface area contributed by atoms with Gasteiger partial charge < -0.3 is 14.2 Å². The lowest BCUT2D eigenvalue weighted by molar-refractivity contribution is -0.167. The standard InChI is InChI=1S/C61H112O6/c1-4-7-10-13-15-17-19-21-23-25-26-27-28-29-30-31-32-33-34-36-37-39-41-43-45-48-51-54-60(63)66-57-58(56-65-59(62)53-50-47-12-9-6-3)67-61(64)55-52-49-46-44-42-40-38-35-24-22-20-18-16-14-11-8-5-2/h19,21,25-26,28-29,58H,4-18,20,22-24,27,30-57H2,1-3H3/b21-19-,26-25-,29-28-. The first-order valence-corrected chi connectivity index (χ1v) is 29.5. The summed E-state index contributed by atoms with van der Waals surface area (Å²) in [4.78, 5) is 37.8. The molecular weight excluding hydrogens is 829 g/mol. The smallest absolute Gasteiger partial charge is 0.306 e. The van der Waals surface area contributed by atoms with Gasteiger partial charge in [-0.15, -0.1) is 0 Å². The first-order chi connectivity index (χ1) is 33.0. The fraction of sp³-hybridized carbons (Fsp3) is 0.852. The summed E-state index contributed by atoms with van der Waals surface area (Å²) in [6.07, 6.45) is 67.6. The molecule has 1 atom stereocenters. The molecule has 0 saturated carbocycles. The predicted octanol–water partition coefficient (Wildman–Crippen LogP) is 19.7. The van der Waals surface area contributed by atoms with Crippen molar-refractivity contribution >= 4 is 17.9 Å². The Morgan fingerprint density at radius 3 is 0.836 bits per heavy atom. The van der Waals surface area contributed by atoms with Crippen LogP contribution in [-0.4, -0.2) is 37.2 Å². The van der Waals surface area contributed by atoms with Crippen molar-refractivity contribution in [2.45, 2.75) is 322 Å². The number of unbranched alkanes of at least 4 members (excludes halogenated alkanes) is 37. The Kier molecular flexibility index (Phi) is 54.2. The van der Waals surface area contributed by atoms with Gasteiger partial charge in [0.1, 0.15) is 13.2 Å². The van der Waals surface area contributed by atoms with E-state index >= 15 is 0 Å². The number of allylic oxidation sites excluding steroid dienone is 6. The van der Waals surface area contributed by atoms with Crippen molar-refractivity contribution in [2.75, 3.05) is 13.2 Å². The molecule has 67 heavy (non-hydrogen) atoms. The second-order valence-electron chi connectivity index (χ2n) is 19.9. The molecule has 0 radical (unpaired) electrons. The first-order valence-electron chi connectivity index (χ1n) is 29.5. The van der Waals surface area contributed by atoms with Crippen LogP contribution in [0.4, 0.5) is 0 Å². The molecule has 392 valence electrons. The van der Waals surface area contributed by atoms with Crippen molar-refractivity contribution in [2.24, 2.45) is 0 Å². The molecule has 6 nitrogen and oxygen atoms in total. The Hall–Kier alpha value is -2.37. The molecular formula is C61H112O6. The number of carbonyl (C=O) groups excluding carboxylic acids is 3. The second-order valence-corrected chi connectivity index (χ2v) is 19.9. The van der Waals surface area contributed by atoms with E-state index in [0.717, 1.165) is 77.0 Å². The molecule has 0 fully saturated rings. The monoisotopic (exact) mass is 941 g/mol. The lowest BCUT2D eigenvalue weighted by Crippen LogP contribution is -2.30. The van der Waals surface area contributed by atoms with Crippen molar-refractivity contribution < 1.29 is 28.6 Å². The van der Waals surface area contributed by atoms with E-state index in [9.17, 15) is 14.4 Å². The van der Waals surface area contributed by atoms with Crippen molar-refractivity contribution in [3.63, 3.8) is 0 Å². The number of ether oxygens (including phenoxy) is 3. The molecule has 0 aromatic carbocycles. The van der Waals surface area contributed by atoms with E-state index < -0.39 is 6.10 Å². The number of hydrogen-bond acceptors (Lipinski definition) is 6. The average Bonchev–Trinajstić information content (AvgIpc) is 3.33. The summed E-state index contributed by atoms with van der Waals surface area (Å²) in [5.41, 5.74) is 0. The predicted molar refractivity (Wildman–Crippen MR) is 289 cm³/mol. The van der Waals surface area contributed by atoms with Crippen molar-refractivity contribution in [3.8, 4) is 0 Å². The third-order valence-corrected chi connectivity index (χ3v) is 13.1. The number of rotatable bonds is 54. The molecule has 0 N–H and O–H groups in total. The third kappa shape index (κ3) is 54.4. The Balaban J connectivity index is 4.02. The number of esters is 3. The zero-order valence-corrected chi connectivity index (χ0v) is 44.9. The van der Waals surface area contributed by atoms with Crippen LogP contribution in [0.25, 0.3) is 0 Å². The van der Waals surface area contributed by atoms with Crippen LogP contribution in [0.1, 0.15) is 316 Å². The summed E-state index contributed by atoms with van der Waals surface area (Å²) in [6.45, 7) is 6.58. The highest BCUT2D eigenvalue weighted by atomic mass is 16.6. The van der Waals surface area contributed by atoms with Crippen molar-refractivity contribution in [1.82, 2.24) is 0 Å². The Bertz CT molecular complexity index is 1130. The fourth-order valence-electron chi connectivity index (χ4n) is 8.69. The summed E-state index contributed by atoms with van der Waals surface area (Å²) in [6, 6.07) is 0. The molecule has 0 rings (SSSR count). The molecule has 0 saturated heterocycles. The van der Waals surface area contributed by atoms with E-state index in [1.165, 1.54) is 199 Å². The highest BCUT2D eigenvalue weighted by Crippen LogP contribution is 2.17. The molecule has 0 aliphatic rings. The molecule has 0 heterocycles. The molecule has 0 amide bonds. The minimum Gasteiger partial charge on any atom is -0.462 e. The number of carbonyl (C=O) groups is 3. The highest BCUT2D eigenvalue weighted by molar-refractivity contribution is 5.71. The highest BCUT2D eigenvalue weighted by Gasteiger charge is 2.19. The van der Waals surface area contributed by atoms with E-state index in [4.69, 9.17) is 14.2 Å². The van der Waals surface area contributed by atoms with Gasteiger partial charge in [-0.05, 0) is 57.8 Å². The second kappa shape index (κ2) is 56.2. The zero-order valence-electron chi connectivity index (χ0n) is 44.9. The summed E-state index contributed by atoms with van der Waals surface area (Å²) < 4.78 is 16.7. The van der Waals surface area contributed by atoms with Crippen LogP contribution in [0, 0.1) is 0 Å². The topological polar surface area (TPSA) is 78.9 Å². The maximum absolute atomic E-state index is 12.8. The van der Waals surface area contributed by atoms with E-state index in [1.807, 2.05) is 0 Å². The molecule has 0 aliphatic heterocycles. The van der Waals surface area contributed by atoms with Crippen LogP contribution >= 0.6 is 0 Å². The minimum absolute atomic E-state index is 0.0694. The van der Waals surface area contributed by atoms with E-state index in [2.05, 4.69) is 57.2 Å². The summed E-state index contributed by atoms with van der Waals surface area (Å²) in [7, 11) is 0. The van der Waals surface area contributed by atoms with E-state index in [0.29, 0.717) is 19.3 Å². The third-order valence-electron chi connectivity index (χ3n) is 13.1. The molecule has 6 heteroatoms. The van der Waals surface area contributed by atoms with Gasteiger partial charge in [0.25, 0.3) is 0 Å². The van der Waals surface area contributed by atoms with E-state index in [-0.39, 0.29) is 31.1 Å². The normalized spacial score (nSPS) is 12.2. The van der Waals surface area contributed by atoms with Gasteiger partial charge in [0, 0.05) is 19.3 Å². The Morgan fingerprint density at radius 2 is 0.537 bits per heavy atom. The van der Waals surface area contributed by atoms with Crippen LogP contribution in [0.2, 0.25) is 0 Å². The molecule has 0 aromatic heterocycles. The lowest BCUT2D eigenvalue weighted by atomic mass is 10.0. The summed E-state index contributed by atoms with van der Waals surface area (Å²) >= 11 is 0. The molecule has 0 spiro atoms. The largest absolute Gasteiger partial charge is 0.462 e. The van der Waals surface area contributed by atoms with Gasteiger partial charge in [-0.3, -0.25) is 14.4 Å². The number of hydrogen-bond donors (Lipinski definition) is 0. The molecule has 0 aliphatic carbocycles. The van der Waals surface area contributed by atoms with Gasteiger partial charge in [-0.2, -0.15) is 0 Å². The Morgan fingerprint density at radius 1 is 0.299 bits per heavy atom. The van der Waals surface area contributed by atoms with Gasteiger partial charge in [0.05, 0.1) is 0 Å². The molecule has 0 bridgehead atoms. The van der Waals surface area contributed by atoms with Crippen LogP contribution < -0.4 is 0 Å². The van der Waals surface area contributed by atoms with Gasteiger partial charge >= 0.3 is 17.9 Å². The van der Waals surface area contributed by atoms with Crippen LogP contribution in [0.3, 0.4) is 0 Å². The maximum atomic E-state index is 12.8. The van der Waals surface area contributed by atoms with Gasteiger partial charge in [0.15, 0.2) is 6.10 Å². The van der Waals surface area contributed by atoms with Gasteiger partial charge in [0.2, 0.25) is 0 Å². The maximum Gasteiger partial charge on any atom is 0.306 e. The quantitative estimate of drug-likeness (QED) is 0.0262. The first kappa shape index (κ1) is 64.6. The molecule has 1 unspecified atom stereocenters. The van der Waals surface area contributed by atoms with Crippen LogP contribution in [0.5, 0.6) is 0 Å². The van der Waals surface area contributed by atoms with Crippen molar-refractivity contribution in [1.29, 1.82) is 0 Å². The van der Waals surface area contributed by atoms with Gasteiger partial charge in [-0.25, -0.2) is 0 Å². The van der Waals surface area contributed by atoms with Crippen LogP contribution in [0.15, 0.2) is 36.5 Å². The summed E-state index contributed by atoms with van der Waals surface area (Å²) in [5.74, 6) is -0.868. The molecule has 0 aromatic rings. The SMILES string of the molecule is CCCCCCC/C=C\C/C=C\C/C=C\CCCCCCCCCCCCCCC(=O)OCC(COC(=O)CCCCCCC)OC(=O)CCCCCCCCCCCCCCCCCCC. The lowest BCUT2D eigenvalue weighted by Gasteiger charge is -2.18.